The maximum Gasteiger partial charge on any atom is 0.122 e. The van der Waals surface area contributed by atoms with Crippen LogP contribution in [0.2, 0.25) is 0 Å². The third-order valence-electron chi connectivity index (χ3n) is 3.75. The summed E-state index contributed by atoms with van der Waals surface area (Å²) in [6.07, 6.45) is 4.42. The highest BCUT2D eigenvalue weighted by molar-refractivity contribution is 5.85. The number of hydrogen-bond acceptors (Lipinski definition) is 3. The zero-order chi connectivity index (χ0) is 14.7. The molecule has 0 saturated carbocycles. The lowest BCUT2D eigenvalue weighted by Gasteiger charge is -2.16. The van der Waals surface area contributed by atoms with Crippen LogP contribution in [0.1, 0.15) is 17.2 Å². The monoisotopic (exact) mass is 278 g/mol. The molecular weight excluding hydrogens is 260 g/mol. The summed E-state index contributed by atoms with van der Waals surface area (Å²) in [5, 5.41) is 2.28. The first kappa shape index (κ1) is 13.6. The summed E-state index contributed by atoms with van der Waals surface area (Å²) >= 11 is 0. The van der Waals surface area contributed by atoms with E-state index in [9.17, 15) is 0 Å². The van der Waals surface area contributed by atoms with E-state index >= 15 is 0 Å². The van der Waals surface area contributed by atoms with Crippen molar-refractivity contribution in [3.05, 3.63) is 72.1 Å². The first-order valence-electron chi connectivity index (χ1n) is 6.99. The summed E-state index contributed by atoms with van der Waals surface area (Å²) in [6.45, 7) is 0. The zero-order valence-electron chi connectivity index (χ0n) is 12.0. The fourth-order valence-electron chi connectivity index (χ4n) is 2.69. The quantitative estimate of drug-likeness (QED) is 0.794. The molecule has 3 aromatic rings. The molecule has 106 valence electrons. The number of rotatable bonds is 4. The molecule has 21 heavy (non-hydrogen) atoms. The van der Waals surface area contributed by atoms with Crippen molar-refractivity contribution in [1.29, 1.82) is 0 Å². The molecule has 1 unspecified atom stereocenters. The Bertz CT molecular complexity index is 750. The van der Waals surface area contributed by atoms with E-state index in [1.54, 1.807) is 7.11 Å². The first-order valence-corrected chi connectivity index (χ1v) is 6.99. The van der Waals surface area contributed by atoms with Crippen LogP contribution >= 0.6 is 0 Å². The van der Waals surface area contributed by atoms with E-state index in [2.05, 4.69) is 23.2 Å². The molecule has 3 nitrogen and oxygen atoms in total. The van der Waals surface area contributed by atoms with Gasteiger partial charge in [-0.2, -0.15) is 0 Å². The Balaban J connectivity index is 1.96. The number of pyridine rings is 1. The van der Waals surface area contributed by atoms with Crippen molar-refractivity contribution in [2.75, 3.05) is 7.11 Å². The number of methoxy groups -OCH3 is 1. The topological polar surface area (TPSA) is 48.1 Å². The summed E-state index contributed by atoms with van der Waals surface area (Å²) in [5.41, 5.74) is 8.70. The smallest absolute Gasteiger partial charge is 0.122 e. The molecule has 1 atom stereocenters. The molecule has 1 aromatic heterocycles. The Morgan fingerprint density at radius 3 is 2.81 bits per heavy atom. The second-order valence-electron chi connectivity index (χ2n) is 5.07. The molecule has 0 aliphatic heterocycles. The molecule has 0 spiro atoms. The zero-order valence-corrected chi connectivity index (χ0v) is 12.0. The van der Waals surface area contributed by atoms with E-state index in [1.807, 2.05) is 42.7 Å². The highest BCUT2D eigenvalue weighted by atomic mass is 16.5. The average molecular weight is 278 g/mol. The number of para-hydroxylation sites is 1. The lowest BCUT2D eigenvalue weighted by atomic mass is 9.95. The number of benzene rings is 2. The molecule has 0 fully saturated rings. The third-order valence-corrected chi connectivity index (χ3v) is 3.75. The largest absolute Gasteiger partial charge is 0.496 e. The molecule has 0 aliphatic rings. The van der Waals surface area contributed by atoms with Gasteiger partial charge in [0.15, 0.2) is 0 Å². The van der Waals surface area contributed by atoms with Crippen molar-refractivity contribution < 1.29 is 4.74 Å². The van der Waals surface area contributed by atoms with Crippen LogP contribution in [0.3, 0.4) is 0 Å². The SMILES string of the molecule is COc1ccccc1CC(N)c1cccc2cnccc12. The summed E-state index contributed by atoms with van der Waals surface area (Å²) in [5.74, 6) is 0.884. The number of nitrogens with zero attached hydrogens (tertiary/aromatic N) is 1. The van der Waals surface area contributed by atoms with Gasteiger partial charge in [0.1, 0.15) is 5.75 Å². The predicted octanol–water partition coefficient (Wildman–Crippen LogP) is 3.49. The summed E-state index contributed by atoms with van der Waals surface area (Å²) in [7, 11) is 1.69. The van der Waals surface area contributed by atoms with Crippen LogP contribution in [0, 0.1) is 0 Å². The van der Waals surface area contributed by atoms with E-state index in [0.29, 0.717) is 0 Å². The second kappa shape index (κ2) is 5.94. The van der Waals surface area contributed by atoms with Gasteiger partial charge in [0.25, 0.3) is 0 Å². The maximum absolute atomic E-state index is 6.44. The Labute approximate surface area is 124 Å². The average Bonchev–Trinajstić information content (AvgIpc) is 2.54. The lowest BCUT2D eigenvalue weighted by molar-refractivity contribution is 0.408. The Morgan fingerprint density at radius 2 is 1.95 bits per heavy atom. The molecule has 0 radical (unpaired) electrons. The van der Waals surface area contributed by atoms with Crippen molar-refractivity contribution in [2.24, 2.45) is 5.73 Å². The van der Waals surface area contributed by atoms with Crippen LogP contribution < -0.4 is 10.5 Å². The van der Waals surface area contributed by atoms with Gasteiger partial charge >= 0.3 is 0 Å². The molecule has 0 bridgehead atoms. The Morgan fingerprint density at radius 1 is 1.10 bits per heavy atom. The van der Waals surface area contributed by atoms with Gasteiger partial charge in [0.2, 0.25) is 0 Å². The van der Waals surface area contributed by atoms with Crippen molar-refractivity contribution in [2.45, 2.75) is 12.5 Å². The Hall–Kier alpha value is -2.39. The van der Waals surface area contributed by atoms with E-state index in [0.717, 1.165) is 34.1 Å². The van der Waals surface area contributed by atoms with Gasteiger partial charge in [-0.25, -0.2) is 0 Å². The molecule has 3 heteroatoms. The van der Waals surface area contributed by atoms with E-state index < -0.39 is 0 Å². The first-order chi connectivity index (χ1) is 10.3. The predicted molar refractivity (Wildman–Crippen MR) is 85.4 cm³/mol. The molecule has 0 saturated heterocycles. The van der Waals surface area contributed by atoms with Gasteiger partial charge in [0, 0.05) is 23.8 Å². The molecule has 2 N–H and O–H groups in total. The van der Waals surface area contributed by atoms with Crippen LogP contribution in [0.5, 0.6) is 5.75 Å². The standard InChI is InChI=1S/C18H18N2O/c1-21-18-8-3-2-5-13(18)11-17(19)16-7-4-6-14-12-20-10-9-15(14)16/h2-10,12,17H,11,19H2,1H3. The fraction of sp³-hybridized carbons (Fsp3) is 0.167. The van der Waals surface area contributed by atoms with Gasteiger partial charge in [-0.05, 0) is 35.1 Å². The molecule has 3 rings (SSSR count). The van der Waals surface area contributed by atoms with Crippen molar-refractivity contribution >= 4 is 10.8 Å². The van der Waals surface area contributed by atoms with Crippen molar-refractivity contribution in [1.82, 2.24) is 4.98 Å². The van der Waals surface area contributed by atoms with Crippen LogP contribution in [0.25, 0.3) is 10.8 Å². The third kappa shape index (κ3) is 2.73. The molecular formula is C18H18N2O. The highest BCUT2D eigenvalue weighted by Crippen LogP contribution is 2.27. The summed E-state index contributed by atoms with van der Waals surface area (Å²) < 4.78 is 5.40. The van der Waals surface area contributed by atoms with Gasteiger partial charge in [-0.15, -0.1) is 0 Å². The van der Waals surface area contributed by atoms with Crippen LogP contribution in [-0.2, 0) is 6.42 Å². The summed E-state index contributed by atoms with van der Waals surface area (Å²) in [4.78, 5) is 4.16. The van der Waals surface area contributed by atoms with Crippen molar-refractivity contribution in [3.63, 3.8) is 0 Å². The number of ether oxygens (including phenoxy) is 1. The van der Waals surface area contributed by atoms with Gasteiger partial charge < -0.3 is 10.5 Å². The Kier molecular flexibility index (Phi) is 3.84. The minimum Gasteiger partial charge on any atom is -0.496 e. The molecule has 0 aliphatic carbocycles. The van der Waals surface area contributed by atoms with Gasteiger partial charge in [-0.3, -0.25) is 4.98 Å². The van der Waals surface area contributed by atoms with Crippen LogP contribution in [-0.4, -0.2) is 12.1 Å². The molecule has 2 aromatic carbocycles. The fourth-order valence-corrected chi connectivity index (χ4v) is 2.69. The van der Waals surface area contributed by atoms with Gasteiger partial charge in [-0.1, -0.05) is 36.4 Å². The van der Waals surface area contributed by atoms with Crippen LogP contribution in [0.4, 0.5) is 0 Å². The van der Waals surface area contributed by atoms with Crippen LogP contribution in [0.15, 0.2) is 60.9 Å². The maximum atomic E-state index is 6.44. The number of hydrogen-bond donors (Lipinski definition) is 1. The van der Waals surface area contributed by atoms with E-state index in [-0.39, 0.29) is 6.04 Å². The number of fused-ring (bicyclic) bond motifs is 1. The van der Waals surface area contributed by atoms with Crippen molar-refractivity contribution in [3.8, 4) is 5.75 Å². The van der Waals surface area contributed by atoms with E-state index in [4.69, 9.17) is 10.5 Å². The van der Waals surface area contributed by atoms with Gasteiger partial charge in [0.05, 0.1) is 7.11 Å². The minimum absolute atomic E-state index is 0.0765. The minimum atomic E-state index is -0.0765. The number of nitrogens with two attached hydrogens (primary N) is 1. The normalized spacial score (nSPS) is 12.3. The summed E-state index contributed by atoms with van der Waals surface area (Å²) in [6, 6.07) is 16.1. The lowest BCUT2D eigenvalue weighted by Crippen LogP contribution is -2.14. The van der Waals surface area contributed by atoms with E-state index in [1.165, 1.54) is 0 Å². The number of aromatic nitrogens is 1. The molecule has 0 amide bonds. The highest BCUT2D eigenvalue weighted by Gasteiger charge is 2.13. The molecule has 1 heterocycles. The second-order valence-corrected chi connectivity index (χ2v) is 5.07.